The number of nitrogens with one attached hydrogen (secondary N) is 2. The summed E-state index contributed by atoms with van der Waals surface area (Å²) in [5, 5.41) is 12.2. The van der Waals surface area contributed by atoms with E-state index in [-0.39, 0.29) is 5.91 Å². The van der Waals surface area contributed by atoms with Crippen molar-refractivity contribution in [2.24, 2.45) is 5.10 Å². The van der Waals surface area contributed by atoms with Crippen LogP contribution in [0.3, 0.4) is 0 Å². The number of rotatable bonds is 8. The maximum atomic E-state index is 12.4. The van der Waals surface area contributed by atoms with Crippen molar-refractivity contribution in [3.63, 3.8) is 0 Å². The highest BCUT2D eigenvalue weighted by Gasteiger charge is 2.27. The van der Waals surface area contributed by atoms with E-state index in [1.807, 2.05) is 6.08 Å². The second-order valence-electron chi connectivity index (χ2n) is 8.04. The summed E-state index contributed by atoms with van der Waals surface area (Å²) < 4.78 is 0. The van der Waals surface area contributed by atoms with Gasteiger partial charge in [0, 0.05) is 17.6 Å². The van der Waals surface area contributed by atoms with Crippen LogP contribution in [0.15, 0.2) is 29.0 Å². The van der Waals surface area contributed by atoms with Crippen molar-refractivity contribution >= 4 is 17.7 Å². The molecule has 0 saturated heterocycles. The summed E-state index contributed by atoms with van der Waals surface area (Å²) in [4.78, 5) is 18.2. The van der Waals surface area contributed by atoms with Gasteiger partial charge in [-0.05, 0) is 82.1 Å². The smallest absolute Gasteiger partial charge is 0.273 e. The first kappa shape index (κ1) is 20.9. The Balaban J connectivity index is 1.92. The fourth-order valence-corrected chi connectivity index (χ4v) is 3.77. The molecule has 154 valence electrons. The molecule has 7 nitrogen and oxygen atoms in total. The number of aromatic amines is 1. The molecule has 0 radical (unpaired) electrons. The highest BCUT2D eigenvalue weighted by atomic mass is 16.2. The Morgan fingerprint density at radius 1 is 1.24 bits per heavy atom. The fraction of sp³-hybridized carbons (Fsp3) is 0.455. The van der Waals surface area contributed by atoms with Gasteiger partial charge in [-0.15, -0.1) is 5.10 Å². The molecule has 0 aromatic carbocycles. The average Bonchev–Trinajstić information content (AvgIpc) is 3.19. The molecule has 29 heavy (non-hydrogen) atoms. The van der Waals surface area contributed by atoms with Gasteiger partial charge in [-0.2, -0.15) is 10.2 Å². The fourth-order valence-electron chi connectivity index (χ4n) is 3.77. The van der Waals surface area contributed by atoms with Gasteiger partial charge in [-0.1, -0.05) is 13.8 Å². The zero-order valence-electron chi connectivity index (χ0n) is 17.9. The summed E-state index contributed by atoms with van der Waals surface area (Å²) in [6.07, 6.45) is 6.84. The van der Waals surface area contributed by atoms with Crippen LogP contribution in [0.4, 0.5) is 0 Å². The van der Waals surface area contributed by atoms with Crippen LogP contribution in [0, 0.1) is 6.92 Å². The molecule has 0 spiro atoms. The molecule has 3 heterocycles. The Hall–Kier alpha value is -2.80. The number of aryl methyl sites for hydroxylation is 1. The van der Waals surface area contributed by atoms with Gasteiger partial charge in [-0.3, -0.25) is 4.79 Å². The molecular weight excluding hydrogens is 364 g/mol. The van der Waals surface area contributed by atoms with Crippen LogP contribution in [0.25, 0.3) is 6.08 Å². The van der Waals surface area contributed by atoms with Crippen LogP contribution in [-0.2, 0) is 11.2 Å². The van der Waals surface area contributed by atoms with Crippen molar-refractivity contribution in [2.45, 2.75) is 46.0 Å². The molecule has 3 rings (SSSR count). The van der Waals surface area contributed by atoms with Crippen molar-refractivity contribution in [3.05, 3.63) is 52.1 Å². The van der Waals surface area contributed by atoms with Crippen LogP contribution in [0.2, 0.25) is 0 Å². The topological polar surface area (TPSA) is 86.3 Å². The van der Waals surface area contributed by atoms with Crippen molar-refractivity contribution in [2.75, 3.05) is 20.6 Å². The summed E-state index contributed by atoms with van der Waals surface area (Å²) in [6.45, 7) is 7.59. The maximum absolute atomic E-state index is 12.4. The number of H-pyrrole nitrogens is 1. The predicted octanol–water partition coefficient (Wildman–Crippen LogP) is 3.04. The molecule has 1 amide bonds. The Labute approximate surface area is 172 Å². The van der Waals surface area contributed by atoms with Gasteiger partial charge in [-0.25, -0.2) is 5.43 Å². The second-order valence-corrected chi connectivity index (χ2v) is 8.04. The first-order valence-electron chi connectivity index (χ1n) is 10.1. The zero-order chi connectivity index (χ0) is 21.0. The summed E-state index contributed by atoms with van der Waals surface area (Å²) >= 11 is 0. The van der Waals surface area contributed by atoms with E-state index >= 15 is 0 Å². The van der Waals surface area contributed by atoms with E-state index in [9.17, 15) is 4.79 Å². The molecule has 1 aliphatic heterocycles. The van der Waals surface area contributed by atoms with E-state index < -0.39 is 0 Å². The van der Waals surface area contributed by atoms with Crippen molar-refractivity contribution in [1.29, 1.82) is 0 Å². The second kappa shape index (κ2) is 9.13. The van der Waals surface area contributed by atoms with E-state index in [0.29, 0.717) is 22.9 Å². The largest absolute Gasteiger partial charge is 0.359 e. The van der Waals surface area contributed by atoms with Gasteiger partial charge in [0.05, 0.1) is 5.57 Å². The van der Waals surface area contributed by atoms with Gasteiger partial charge >= 0.3 is 0 Å². The molecular formula is C22H30N6O. The third-order valence-corrected chi connectivity index (χ3v) is 5.12. The van der Waals surface area contributed by atoms with Crippen LogP contribution in [0.5, 0.6) is 0 Å². The average molecular weight is 395 g/mol. The number of carbonyl (C=O) groups excluding carboxylic acids is 1. The summed E-state index contributed by atoms with van der Waals surface area (Å²) in [7, 11) is 4.21. The first-order valence-corrected chi connectivity index (χ1v) is 10.1. The molecule has 1 aliphatic rings. The molecule has 0 saturated carbocycles. The van der Waals surface area contributed by atoms with E-state index in [0.717, 1.165) is 31.5 Å². The van der Waals surface area contributed by atoms with Crippen molar-refractivity contribution in [1.82, 2.24) is 25.5 Å². The Bertz CT molecular complexity index is 924. The number of amides is 1. The monoisotopic (exact) mass is 394 g/mol. The van der Waals surface area contributed by atoms with Crippen LogP contribution < -0.4 is 5.43 Å². The van der Waals surface area contributed by atoms with Crippen molar-refractivity contribution in [3.8, 4) is 0 Å². The number of hydrogen-bond donors (Lipinski definition) is 2. The molecule has 2 aromatic heterocycles. The number of hydrazone groups is 1. The minimum Gasteiger partial charge on any atom is -0.359 e. The molecule has 0 fully saturated rings. The van der Waals surface area contributed by atoms with E-state index in [1.165, 1.54) is 16.8 Å². The van der Waals surface area contributed by atoms with Gasteiger partial charge in [0.25, 0.3) is 5.91 Å². The van der Waals surface area contributed by atoms with Crippen molar-refractivity contribution < 1.29 is 4.79 Å². The molecule has 0 bridgehead atoms. The number of carbonyl (C=O) groups is 1. The van der Waals surface area contributed by atoms with E-state index in [1.54, 1.807) is 18.3 Å². The van der Waals surface area contributed by atoms with E-state index in [4.69, 9.17) is 0 Å². The minimum absolute atomic E-state index is 0.222. The van der Waals surface area contributed by atoms with Crippen LogP contribution in [0.1, 0.15) is 60.8 Å². The molecule has 0 atom stereocenters. The van der Waals surface area contributed by atoms with Gasteiger partial charge in [0.2, 0.25) is 0 Å². The first-order chi connectivity index (χ1) is 13.9. The molecule has 2 aromatic rings. The third kappa shape index (κ3) is 4.79. The quantitative estimate of drug-likeness (QED) is 0.532. The SMILES string of the molecule is Cc1[nH]c(C=C2C(=O)NN=C2c2cccnn2)c(C(C)C)c1CCCCN(C)C. The summed E-state index contributed by atoms with van der Waals surface area (Å²) in [5.41, 5.74) is 8.95. The Morgan fingerprint density at radius 2 is 2.03 bits per heavy atom. The van der Waals surface area contributed by atoms with E-state index in [2.05, 4.69) is 65.5 Å². The van der Waals surface area contributed by atoms with Gasteiger partial charge in [0.1, 0.15) is 11.4 Å². The predicted molar refractivity (Wildman–Crippen MR) is 116 cm³/mol. The maximum Gasteiger partial charge on any atom is 0.273 e. The molecule has 0 aliphatic carbocycles. The third-order valence-electron chi connectivity index (χ3n) is 5.12. The number of nitrogens with zero attached hydrogens (tertiary/aromatic N) is 4. The molecule has 2 N–H and O–H groups in total. The lowest BCUT2D eigenvalue weighted by atomic mass is 9.93. The summed E-state index contributed by atoms with van der Waals surface area (Å²) in [6, 6.07) is 3.59. The number of unbranched alkanes of at least 4 members (excludes halogenated alkanes) is 1. The lowest BCUT2D eigenvalue weighted by molar-refractivity contribution is -0.116. The van der Waals surface area contributed by atoms with Gasteiger partial charge in [0.15, 0.2) is 0 Å². The highest BCUT2D eigenvalue weighted by Crippen LogP contribution is 2.30. The minimum atomic E-state index is -0.222. The number of aromatic nitrogens is 3. The highest BCUT2D eigenvalue weighted by molar-refractivity contribution is 6.32. The lowest BCUT2D eigenvalue weighted by Crippen LogP contribution is -2.14. The van der Waals surface area contributed by atoms with Crippen LogP contribution in [-0.4, -0.2) is 52.3 Å². The van der Waals surface area contributed by atoms with Gasteiger partial charge < -0.3 is 9.88 Å². The zero-order valence-corrected chi connectivity index (χ0v) is 17.9. The molecule has 0 unspecified atom stereocenters. The lowest BCUT2D eigenvalue weighted by Gasteiger charge is -2.12. The number of hydrogen-bond acceptors (Lipinski definition) is 5. The Kier molecular flexibility index (Phi) is 6.59. The standard InChI is InChI=1S/C22H30N6O/c1-14(2)20-16(9-6-7-12-28(4)5)15(3)24-19(20)13-17-21(26-27-22(17)29)18-10-8-11-23-25-18/h8,10-11,13-14,24H,6-7,9,12H2,1-5H3,(H,27,29). The summed E-state index contributed by atoms with van der Waals surface area (Å²) in [5.74, 6) is 0.122. The normalized spacial score (nSPS) is 15.5. The molecule has 7 heteroatoms. The Morgan fingerprint density at radius 3 is 2.69 bits per heavy atom. The van der Waals surface area contributed by atoms with Crippen LogP contribution >= 0.6 is 0 Å².